The van der Waals surface area contributed by atoms with E-state index >= 15 is 0 Å². The van der Waals surface area contributed by atoms with Crippen molar-refractivity contribution in [2.24, 2.45) is 5.92 Å². The first-order valence-corrected chi connectivity index (χ1v) is 8.11. The highest BCUT2D eigenvalue weighted by Crippen LogP contribution is 2.19. The van der Waals surface area contributed by atoms with Gasteiger partial charge in [-0.15, -0.1) is 0 Å². The van der Waals surface area contributed by atoms with Crippen LogP contribution in [0.5, 0.6) is 0 Å². The Kier molecular flexibility index (Phi) is 7.29. The second-order valence-electron chi connectivity index (χ2n) is 6.81. The lowest BCUT2D eigenvalue weighted by molar-refractivity contribution is 0.0519. The summed E-state index contributed by atoms with van der Waals surface area (Å²) >= 11 is 6.02. The summed E-state index contributed by atoms with van der Waals surface area (Å²) in [5, 5.41) is 6.37. The number of hydrogen-bond donors (Lipinski definition) is 2. The molecule has 2 N–H and O–H groups in total. The molecular weight excluding hydrogens is 319 g/mol. The van der Waals surface area contributed by atoms with Gasteiger partial charge in [-0.3, -0.25) is 0 Å². The zero-order valence-electron chi connectivity index (χ0n) is 14.4. The molecule has 1 unspecified atom stereocenters. The lowest BCUT2D eigenvalue weighted by Crippen LogP contribution is -2.45. The molecule has 6 heteroatoms. The number of benzene rings is 1. The summed E-state index contributed by atoms with van der Waals surface area (Å²) in [5.41, 5.74) is -0.108. The molecule has 1 rings (SSSR count). The molecule has 0 spiro atoms. The molecule has 1 atom stereocenters. The molecule has 0 aromatic heterocycles. The third-order valence-corrected chi connectivity index (χ3v) is 3.63. The Morgan fingerprint density at radius 1 is 1.35 bits per heavy atom. The Hall–Kier alpha value is -1.33. The Morgan fingerprint density at radius 3 is 2.52 bits per heavy atom. The number of carbonyl (C=O) groups is 1. The summed E-state index contributed by atoms with van der Waals surface area (Å²) in [5.74, 6) is -0.0944. The van der Waals surface area contributed by atoms with Crippen molar-refractivity contribution in [2.45, 2.75) is 52.8 Å². The zero-order chi connectivity index (χ0) is 17.6. The van der Waals surface area contributed by atoms with E-state index in [-0.39, 0.29) is 17.8 Å². The summed E-state index contributed by atoms with van der Waals surface area (Å²) < 4.78 is 19.0. The molecule has 0 heterocycles. The van der Waals surface area contributed by atoms with Gasteiger partial charge in [-0.25, -0.2) is 9.18 Å². The first-order valence-electron chi connectivity index (χ1n) is 7.73. The number of halogens is 2. The highest BCUT2D eigenvalue weighted by Gasteiger charge is 2.19. The van der Waals surface area contributed by atoms with Crippen LogP contribution in [0.3, 0.4) is 0 Å². The lowest BCUT2D eigenvalue weighted by atomic mass is 10.0. The van der Waals surface area contributed by atoms with Gasteiger partial charge in [0.25, 0.3) is 0 Å². The normalized spacial score (nSPS) is 13.0. The molecule has 0 saturated heterocycles. The predicted molar refractivity (Wildman–Crippen MR) is 91.1 cm³/mol. The van der Waals surface area contributed by atoms with Crippen LogP contribution in [0.1, 0.15) is 40.2 Å². The van der Waals surface area contributed by atoms with Crippen LogP contribution >= 0.6 is 11.6 Å². The Morgan fingerprint density at radius 2 is 2.00 bits per heavy atom. The van der Waals surface area contributed by atoms with Crippen LogP contribution in [0.25, 0.3) is 0 Å². The van der Waals surface area contributed by atoms with Gasteiger partial charge in [-0.05, 0) is 38.8 Å². The third-order valence-electron chi connectivity index (χ3n) is 3.27. The average molecular weight is 345 g/mol. The third kappa shape index (κ3) is 7.18. The van der Waals surface area contributed by atoms with Gasteiger partial charge in [-0.2, -0.15) is 0 Å². The molecule has 0 aliphatic rings. The SMILES string of the molecule is CC(C)C(CNC(=O)OC(C)(C)C)NCc1c(F)cccc1Cl. The summed E-state index contributed by atoms with van der Waals surface area (Å²) in [6.45, 7) is 10.2. The van der Waals surface area contributed by atoms with E-state index in [1.54, 1.807) is 12.1 Å². The number of nitrogens with one attached hydrogen (secondary N) is 2. The van der Waals surface area contributed by atoms with Crippen molar-refractivity contribution >= 4 is 17.7 Å². The summed E-state index contributed by atoms with van der Waals surface area (Å²) in [4.78, 5) is 11.7. The second-order valence-corrected chi connectivity index (χ2v) is 7.22. The van der Waals surface area contributed by atoms with Crippen LogP contribution < -0.4 is 10.6 Å². The molecule has 0 radical (unpaired) electrons. The van der Waals surface area contributed by atoms with Crippen LogP contribution in [-0.2, 0) is 11.3 Å². The lowest BCUT2D eigenvalue weighted by Gasteiger charge is -2.25. The monoisotopic (exact) mass is 344 g/mol. The highest BCUT2D eigenvalue weighted by molar-refractivity contribution is 6.31. The fourth-order valence-electron chi connectivity index (χ4n) is 1.99. The molecule has 1 aromatic rings. The van der Waals surface area contributed by atoms with Crippen molar-refractivity contribution in [3.05, 3.63) is 34.6 Å². The van der Waals surface area contributed by atoms with Crippen molar-refractivity contribution in [1.29, 1.82) is 0 Å². The van der Waals surface area contributed by atoms with Crippen molar-refractivity contribution in [2.75, 3.05) is 6.54 Å². The van der Waals surface area contributed by atoms with E-state index in [1.165, 1.54) is 6.07 Å². The molecule has 0 aliphatic carbocycles. The van der Waals surface area contributed by atoms with E-state index in [0.29, 0.717) is 23.7 Å². The maximum absolute atomic E-state index is 13.8. The molecule has 130 valence electrons. The van der Waals surface area contributed by atoms with Crippen molar-refractivity contribution in [3.63, 3.8) is 0 Å². The van der Waals surface area contributed by atoms with E-state index < -0.39 is 11.7 Å². The molecule has 0 fully saturated rings. The number of carbonyl (C=O) groups excluding carboxylic acids is 1. The van der Waals surface area contributed by atoms with Crippen LogP contribution in [0.15, 0.2) is 18.2 Å². The van der Waals surface area contributed by atoms with E-state index in [4.69, 9.17) is 16.3 Å². The standard InChI is InChI=1S/C17H26ClFN2O2/c1-11(2)15(10-21-16(22)23-17(3,4)5)20-9-12-13(18)7-6-8-14(12)19/h6-8,11,15,20H,9-10H2,1-5H3,(H,21,22). The Balaban J connectivity index is 2.58. The van der Waals surface area contributed by atoms with Gasteiger partial charge in [0.05, 0.1) is 0 Å². The van der Waals surface area contributed by atoms with Crippen LogP contribution in [0.2, 0.25) is 5.02 Å². The van der Waals surface area contributed by atoms with Gasteiger partial charge >= 0.3 is 6.09 Å². The largest absolute Gasteiger partial charge is 0.444 e. The van der Waals surface area contributed by atoms with Gasteiger partial charge in [-0.1, -0.05) is 31.5 Å². The molecule has 1 aromatic carbocycles. The Bertz CT molecular complexity index is 510. The number of ether oxygens (including phenoxy) is 1. The molecule has 0 aliphatic heterocycles. The topological polar surface area (TPSA) is 50.4 Å². The van der Waals surface area contributed by atoms with Gasteiger partial charge in [0.2, 0.25) is 0 Å². The minimum absolute atomic E-state index is 0.0295. The molecule has 23 heavy (non-hydrogen) atoms. The molecule has 1 amide bonds. The average Bonchev–Trinajstić information content (AvgIpc) is 2.38. The second kappa shape index (κ2) is 8.50. The molecule has 0 saturated carbocycles. The van der Waals surface area contributed by atoms with Crippen molar-refractivity contribution in [3.8, 4) is 0 Å². The minimum Gasteiger partial charge on any atom is -0.444 e. The highest BCUT2D eigenvalue weighted by atomic mass is 35.5. The maximum atomic E-state index is 13.8. The van der Waals surface area contributed by atoms with E-state index in [9.17, 15) is 9.18 Å². The van der Waals surface area contributed by atoms with Gasteiger partial charge in [0.15, 0.2) is 0 Å². The number of amides is 1. The number of alkyl carbamates (subject to hydrolysis) is 1. The van der Waals surface area contributed by atoms with E-state index in [2.05, 4.69) is 10.6 Å². The van der Waals surface area contributed by atoms with Gasteiger partial charge < -0.3 is 15.4 Å². The maximum Gasteiger partial charge on any atom is 0.407 e. The van der Waals surface area contributed by atoms with Crippen LogP contribution in [0.4, 0.5) is 9.18 Å². The first-order chi connectivity index (χ1) is 10.6. The first kappa shape index (κ1) is 19.7. The van der Waals surface area contributed by atoms with E-state index in [0.717, 1.165) is 0 Å². The fraction of sp³-hybridized carbons (Fsp3) is 0.588. The minimum atomic E-state index is -0.536. The molecular formula is C17H26ClFN2O2. The zero-order valence-corrected chi connectivity index (χ0v) is 15.1. The number of hydrogen-bond acceptors (Lipinski definition) is 3. The summed E-state index contributed by atoms with van der Waals surface area (Å²) in [6, 6.07) is 4.58. The van der Waals surface area contributed by atoms with E-state index in [1.807, 2.05) is 34.6 Å². The summed E-state index contributed by atoms with van der Waals surface area (Å²) in [7, 11) is 0. The fourth-order valence-corrected chi connectivity index (χ4v) is 2.22. The number of rotatable bonds is 6. The molecule has 0 bridgehead atoms. The smallest absolute Gasteiger partial charge is 0.407 e. The predicted octanol–water partition coefficient (Wildman–Crippen LogP) is 4.12. The van der Waals surface area contributed by atoms with Crippen molar-refractivity contribution < 1.29 is 13.9 Å². The Labute approximate surface area is 142 Å². The van der Waals surface area contributed by atoms with Crippen LogP contribution in [-0.4, -0.2) is 24.3 Å². The van der Waals surface area contributed by atoms with Gasteiger partial charge in [0, 0.05) is 29.7 Å². The van der Waals surface area contributed by atoms with Crippen LogP contribution in [0, 0.1) is 11.7 Å². The summed E-state index contributed by atoms with van der Waals surface area (Å²) in [6.07, 6.45) is -0.464. The van der Waals surface area contributed by atoms with Crippen molar-refractivity contribution in [1.82, 2.24) is 10.6 Å². The quantitative estimate of drug-likeness (QED) is 0.816. The van der Waals surface area contributed by atoms with Gasteiger partial charge in [0.1, 0.15) is 11.4 Å². The molecule has 4 nitrogen and oxygen atoms in total.